The van der Waals surface area contributed by atoms with E-state index < -0.39 is 0 Å². The van der Waals surface area contributed by atoms with Gasteiger partial charge >= 0.3 is 0 Å². The van der Waals surface area contributed by atoms with Gasteiger partial charge < -0.3 is 14.4 Å². The van der Waals surface area contributed by atoms with Crippen molar-refractivity contribution >= 4 is 28.7 Å². The van der Waals surface area contributed by atoms with Gasteiger partial charge in [-0.15, -0.1) is 0 Å². The van der Waals surface area contributed by atoms with Crippen molar-refractivity contribution < 1.29 is 14.0 Å². The third-order valence-electron chi connectivity index (χ3n) is 9.65. The minimum Gasteiger partial charge on any atom is -0.362 e. The fourth-order valence-electron chi connectivity index (χ4n) is 7.10. The van der Waals surface area contributed by atoms with E-state index >= 15 is 0 Å². The van der Waals surface area contributed by atoms with Gasteiger partial charge in [0.05, 0.1) is 11.5 Å². The highest BCUT2D eigenvalue weighted by atomic mass is 35.5. The first-order valence-electron chi connectivity index (χ1n) is 15.0. The number of allylic oxidation sites excluding steroid dienone is 5. The van der Waals surface area contributed by atoms with Gasteiger partial charge in [0.25, 0.3) is 6.23 Å². The third kappa shape index (κ3) is 5.13. The Hall–Kier alpha value is -2.66. The molecule has 0 aromatic heterocycles. The monoisotopic (exact) mass is 573 g/mol. The standard InChI is InChI=1S/C36H46ClN2O2/c1-24(40-7)38-30-18-11-9-16-28(30)35(3,4)32(38)22-20-26-14-13-15-27(34(26)37)21-23-33-36(5,6)29-17-10-12-19-31(29)39(33)25(2)41-8/h9-12,16-26,32H,13-15H2,1-8H3/q+1. The molecule has 0 radical (unpaired) electrons. The Morgan fingerprint density at radius 2 is 1.61 bits per heavy atom. The minimum absolute atomic E-state index is 0.0307. The lowest BCUT2D eigenvalue weighted by molar-refractivity contribution is -0.532. The van der Waals surface area contributed by atoms with Crippen LogP contribution in [0.25, 0.3) is 0 Å². The molecular weight excluding hydrogens is 528 g/mol. The van der Waals surface area contributed by atoms with Crippen LogP contribution in [0.5, 0.6) is 0 Å². The lowest BCUT2D eigenvalue weighted by atomic mass is 9.79. The number of para-hydroxylation sites is 2. The molecule has 0 saturated carbocycles. The molecule has 4 nitrogen and oxygen atoms in total. The van der Waals surface area contributed by atoms with Crippen molar-refractivity contribution in [2.75, 3.05) is 19.1 Å². The number of hydrogen-bond donors (Lipinski definition) is 0. The average Bonchev–Trinajstić information content (AvgIpc) is 3.34. The van der Waals surface area contributed by atoms with Crippen LogP contribution in [-0.4, -0.2) is 43.0 Å². The van der Waals surface area contributed by atoms with Crippen LogP contribution in [0.2, 0.25) is 0 Å². The van der Waals surface area contributed by atoms with Crippen LogP contribution < -0.4 is 4.90 Å². The molecule has 218 valence electrons. The maximum Gasteiger partial charge on any atom is 0.260 e. The van der Waals surface area contributed by atoms with Crippen LogP contribution in [0.4, 0.5) is 11.4 Å². The van der Waals surface area contributed by atoms with Gasteiger partial charge in [0.1, 0.15) is 6.23 Å². The van der Waals surface area contributed by atoms with Gasteiger partial charge in [0, 0.05) is 60.9 Å². The van der Waals surface area contributed by atoms with E-state index in [0.29, 0.717) is 0 Å². The van der Waals surface area contributed by atoms with Gasteiger partial charge in [-0.1, -0.05) is 80.1 Å². The molecule has 0 N–H and O–H groups in total. The first kappa shape index (κ1) is 29.8. The van der Waals surface area contributed by atoms with E-state index in [2.05, 4.69) is 124 Å². The second kappa shape index (κ2) is 11.6. The molecule has 5 rings (SSSR count). The van der Waals surface area contributed by atoms with E-state index in [9.17, 15) is 0 Å². The fraction of sp³-hybridized carbons (Fsp3) is 0.472. The predicted molar refractivity (Wildman–Crippen MR) is 172 cm³/mol. The Morgan fingerprint density at radius 1 is 0.927 bits per heavy atom. The summed E-state index contributed by atoms with van der Waals surface area (Å²) in [4.78, 5) is 2.41. The van der Waals surface area contributed by atoms with Gasteiger partial charge in [0.2, 0.25) is 5.69 Å². The minimum atomic E-state index is -0.133. The maximum atomic E-state index is 7.18. The second-order valence-corrected chi connectivity index (χ2v) is 13.2. The molecule has 0 bridgehead atoms. The van der Waals surface area contributed by atoms with Crippen LogP contribution in [0.1, 0.15) is 71.9 Å². The van der Waals surface area contributed by atoms with Gasteiger partial charge in [-0.2, -0.15) is 4.58 Å². The van der Waals surface area contributed by atoms with Gasteiger partial charge in [-0.05, 0) is 57.2 Å². The molecule has 4 atom stereocenters. The molecule has 41 heavy (non-hydrogen) atoms. The number of halogens is 1. The van der Waals surface area contributed by atoms with Crippen molar-refractivity contribution in [1.29, 1.82) is 0 Å². The molecule has 2 heterocycles. The van der Waals surface area contributed by atoms with E-state index in [1.54, 1.807) is 14.2 Å². The van der Waals surface area contributed by atoms with Crippen molar-refractivity contribution in [2.24, 2.45) is 5.92 Å². The largest absolute Gasteiger partial charge is 0.362 e. The molecule has 5 heteroatoms. The number of rotatable bonds is 8. The van der Waals surface area contributed by atoms with Gasteiger partial charge in [-0.3, -0.25) is 0 Å². The summed E-state index contributed by atoms with van der Waals surface area (Å²) in [7, 11) is 3.56. The Morgan fingerprint density at radius 3 is 2.32 bits per heavy atom. The summed E-state index contributed by atoms with van der Waals surface area (Å²) in [6.45, 7) is 13.5. The topological polar surface area (TPSA) is 24.7 Å². The SMILES string of the molecule is COC(C)N1c2ccccc2C(C)(C)C1C=CC1CCCC(C=CC2=[N+](C(C)OC)c3ccccc3C2(C)C)=C1Cl. The molecule has 4 unspecified atom stereocenters. The van der Waals surface area contributed by atoms with E-state index in [1.807, 2.05) is 0 Å². The van der Waals surface area contributed by atoms with E-state index in [4.69, 9.17) is 21.1 Å². The van der Waals surface area contributed by atoms with Crippen molar-refractivity contribution in [2.45, 2.75) is 90.1 Å². The van der Waals surface area contributed by atoms with Crippen molar-refractivity contribution in [3.05, 3.63) is 94.6 Å². The molecule has 2 aliphatic heterocycles. The molecule has 0 spiro atoms. The maximum absolute atomic E-state index is 7.18. The fourth-order valence-corrected chi connectivity index (χ4v) is 7.43. The van der Waals surface area contributed by atoms with Crippen LogP contribution in [0, 0.1) is 5.92 Å². The molecule has 3 aliphatic rings. The Bertz CT molecular complexity index is 1420. The molecule has 1 aliphatic carbocycles. The van der Waals surface area contributed by atoms with Crippen LogP contribution in [0.3, 0.4) is 0 Å². The molecule has 0 amide bonds. The smallest absolute Gasteiger partial charge is 0.260 e. The summed E-state index contributed by atoms with van der Waals surface area (Å²) < 4.78 is 14.0. The zero-order valence-electron chi connectivity index (χ0n) is 25.9. The summed E-state index contributed by atoms with van der Waals surface area (Å²) in [5, 5.41) is 0.962. The molecule has 0 saturated heterocycles. The number of ether oxygens (including phenoxy) is 2. The highest BCUT2D eigenvalue weighted by molar-refractivity contribution is 6.30. The van der Waals surface area contributed by atoms with Gasteiger partial charge in [0.15, 0.2) is 5.71 Å². The van der Waals surface area contributed by atoms with Crippen molar-refractivity contribution in [1.82, 2.24) is 0 Å². The first-order valence-corrected chi connectivity index (χ1v) is 15.4. The molecule has 0 fully saturated rings. The summed E-state index contributed by atoms with van der Waals surface area (Å²) in [5.74, 6) is 0.206. The number of anilines is 1. The number of benzene rings is 2. The summed E-state index contributed by atoms with van der Waals surface area (Å²) in [6.07, 6.45) is 12.3. The Labute approximate surface area is 252 Å². The van der Waals surface area contributed by atoms with Crippen LogP contribution >= 0.6 is 11.6 Å². The van der Waals surface area contributed by atoms with Gasteiger partial charge in [-0.25, -0.2) is 0 Å². The van der Waals surface area contributed by atoms with Crippen molar-refractivity contribution in [3.63, 3.8) is 0 Å². The summed E-state index contributed by atoms with van der Waals surface area (Å²) in [6, 6.07) is 17.6. The highest BCUT2D eigenvalue weighted by Crippen LogP contribution is 2.47. The zero-order chi connectivity index (χ0) is 29.5. The summed E-state index contributed by atoms with van der Waals surface area (Å²) in [5.41, 5.74) is 7.43. The third-order valence-corrected chi connectivity index (χ3v) is 10.2. The van der Waals surface area contributed by atoms with E-state index in [-0.39, 0.29) is 35.2 Å². The van der Waals surface area contributed by atoms with E-state index in [0.717, 1.165) is 24.3 Å². The summed E-state index contributed by atoms with van der Waals surface area (Å²) >= 11 is 7.18. The van der Waals surface area contributed by atoms with Crippen molar-refractivity contribution in [3.8, 4) is 0 Å². The lowest BCUT2D eigenvalue weighted by Gasteiger charge is -2.36. The molecular formula is C36H46ClN2O2+. The van der Waals surface area contributed by atoms with Crippen LogP contribution in [-0.2, 0) is 20.3 Å². The first-order chi connectivity index (χ1) is 19.5. The highest BCUT2D eigenvalue weighted by Gasteiger charge is 2.47. The number of hydrogen-bond acceptors (Lipinski definition) is 3. The zero-order valence-corrected chi connectivity index (χ0v) is 26.7. The number of methoxy groups -OCH3 is 2. The molecule has 2 aromatic carbocycles. The van der Waals surface area contributed by atoms with Crippen LogP contribution in [0.15, 0.2) is 83.4 Å². The normalized spacial score (nSPS) is 24.9. The Kier molecular flexibility index (Phi) is 8.40. The quantitative estimate of drug-likeness (QED) is 0.233. The second-order valence-electron chi connectivity index (χ2n) is 12.7. The number of fused-ring (bicyclic) bond motifs is 2. The number of nitrogens with zero attached hydrogens (tertiary/aromatic N) is 2. The molecule has 2 aromatic rings. The predicted octanol–water partition coefficient (Wildman–Crippen LogP) is 8.62. The average molecular weight is 574 g/mol. The van der Waals surface area contributed by atoms with E-state index in [1.165, 1.54) is 33.8 Å². The Balaban J connectivity index is 1.46. The lowest BCUT2D eigenvalue weighted by Crippen LogP contribution is -2.45.